The van der Waals surface area contributed by atoms with E-state index in [0.717, 1.165) is 0 Å². The van der Waals surface area contributed by atoms with Gasteiger partial charge in [-0.1, -0.05) is 9.24 Å². The Morgan fingerprint density at radius 3 is 2.44 bits per heavy atom. The fourth-order valence-electron chi connectivity index (χ4n) is 1.99. The van der Waals surface area contributed by atoms with Crippen molar-refractivity contribution in [3.63, 3.8) is 0 Å². The predicted octanol–water partition coefficient (Wildman–Crippen LogP) is 2.04. The Kier molecular flexibility index (Phi) is 5.66. The largest absolute Gasteiger partial charge is 0.382 e. The number of nitrogens with one attached hydrogen (secondary N) is 2. The fraction of sp³-hybridized carbons (Fsp3) is 0.188. The molecule has 132 valence electrons. The van der Waals surface area contributed by atoms with Crippen molar-refractivity contribution >= 4 is 37.5 Å². The molecule has 3 N–H and O–H groups in total. The number of rotatable bonds is 6. The lowest BCUT2D eigenvalue weighted by molar-refractivity contribution is -0.383. The second kappa shape index (κ2) is 7.55. The molecule has 2 aromatic carbocycles. The van der Waals surface area contributed by atoms with Crippen molar-refractivity contribution in [1.29, 1.82) is 0 Å². The molecule has 2 unspecified atom stereocenters. The van der Waals surface area contributed by atoms with Gasteiger partial charge in [0.1, 0.15) is 5.82 Å². The van der Waals surface area contributed by atoms with Crippen LogP contribution in [0.1, 0.15) is 6.92 Å². The highest BCUT2D eigenvalue weighted by Crippen LogP contribution is 2.18. The maximum absolute atomic E-state index is 12.9. The maximum Gasteiger partial charge on any atom is 0.276 e. The third-order valence-corrected chi connectivity index (χ3v) is 3.91. The second-order valence-corrected chi connectivity index (χ2v) is 6.24. The molecule has 0 fully saturated rings. The van der Waals surface area contributed by atoms with Crippen molar-refractivity contribution in [1.82, 2.24) is 0 Å². The van der Waals surface area contributed by atoms with Gasteiger partial charge in [-0.25, -0.2) is 4.39 Å². The first-order chi connectivity index (χ1) is 11.7. The van der Waals surface area contributed by atoms with Crippen LogP contribution in [-0.2, 0) is 4.79 Å². The van der Waals surface area contributed by atoms with Gasteiger partial charge in [0.25, 0.3) is 11.6 Å². The number of carbonyl (C=O) groups is 1. The quantitative estimate of drug-likeness (QED) is 0.413. The number of aliphatic hydroxyl groups is 1. The molecule has 0 saturated heterocycles. The zero-order chi connectivity index (χ0) is 18.6. The van der Waals surface area contributed by atoms with E-state index in [9.17, 15) is 24.4 Å². The van der Waals surface area contributed by atoms with Crippen LogP contribution in [0.2, 0.25) is 0 Å². The van der Waals surface area contributed by atoms with Gasteiger partial charge in [-0.05, 0) is 43.3 Å². The number of carbonyl (C=O) groups excluding carboxylic acids is 1. The van der Waals surface area contributed by atoms with Crippen LogP contribution in [0, 0.1) is 15.9 Å². The predicted molar refractivity (Wildman–Crippen MR) is 96.6 cm³/mol. The van der Waals surface area contributed by atoms with Gasteiger partial charge < -0.3 is 15.7 Å². The first kappa shape index (κ1) is 18.8. The SMILES string of the molecule is CC(O)(CNc1ccc(F)cc1)C(=O)Nc1ccc([N+](=O)[O-])c(P)c1. The van der Waals surface area contributed by atoms with Crippen LogP contribution < -0.4 is 15.9 Å². The summed E-state index contributed by atoms with van der Waals surface area (Å²) in [6.07, 6.45) is 0. The van der Waals surface area contributed by atoms with E-state index in [1.54, 1.807) is 0 Å². The molecule has 2 atom stereocenters. The van der Waals surface area contributed by atoms with Crippen LogP contribution in [-0.4, -0.2) is 28.1 Å². The molecule has 0 aromatic heterocycles. The maximum atomic E-state index is 12.9. The van der Waals surface area contributed by atoms with Crippen LogP contribution in [0.3, 0.4) is 0 Å². The lowest BCUT2D eigenvalue weighted by Crippen LogP contribution is -2.45. The van der Waals surface area contributed by atoms with E-state index in [1.807, 2.05) is 0 Å². The van der Waals surface area contributed by atoms with E-state index in [2.05, 4.69) is 19.9 Å². The molecular weight excluding hydrogens is 348 g/mol. The van der Waals surface area contributed by atoms with Crippen LogP contribution in [0.25, 0.3) is 0 Å². The number of hydrogen-bond acceptors (Lipinski definition) is 5. The minimum Gasteiger partial charge on any atom is -0.382 e. The zero-order valence-corrected chi connectivity index (χ0v) is 14.5. The Morgan fingerprint density at radius 2 is 1.88 bits per heavy atom. The van der Waals surface area contributed by atoms with Crippen molar-refractivity contribution in [3.05, 3.63) is 58.4 Å². The molecule has 0 aliphatic carbocycles. The second-order valence-electron chi connectivity index (χ2n) is 5.62. The van der Waals surface area contributed by atoms with E-state index < -0.39 is 16.4 Å². The number of nitro groups is 1. The molecule has 1 amide bonds. The Labute approximate surface area is 145 Å². The monoisotopic (exact) mass is 365 g/mol. The lowest BCUT2D eigenvalue weighted by atomic mass is 10.1. The summed E-state index contributed by atoms with van der Waals surface area (Å²) < 4.78 is 12.9. The van der Waals surface area contributed by atoms with Crippen molar-refractivity contribution in [3.8, 4) is 0 Å². The Balaban J connectivity index is 2.01. The van der Waals surface area contributed by atoms with Crippen molar-refractivity contribution in [2.75, 3.05) is 17.2 Å². The average molecular weight is 365 g/mol. The van der Waals surface area contributed by atoms with Gasteiger partial charge in [0.15, 0.2) is 5.60 Å². The smallest absolute Gasteiger partial charge is 0.276 e. The molecule has 0 radical (unpaired) electrons. The molecule has 2 aromatic rings. The molecule has 9 heteroatoms. The van der Waals surface area contributed by atoms with E-state index in [0.29, 0.717) is 16.7 Å². The lowest BCUT2D eigenvalue weighted by Gasteiger charge is -2.23. The van der Waals surface area contributed by atoms with Crippen molar-refractivity contribution in [2.45, 2.75) is 12.5 Å². The van der Waals surface area contributed by atoms with Gasteiger partial charge in [-0.2, -0.15) is 0 Å². The molecule has 7 nitrogen and oxygen atoms in total. The van der Waals surface area contributed by atoms with Gasteiger partial charge in [-0.3, -0.25) is 14.9 Å². The van der Waals surface area contributed by atoms with Gasteiger partial charge in [0.2, 0.25) is 0 Å². The van der Waals surface area contributed by atoms with Crippen molar-refractivity contribution in [2.24, 2.45) is 0 Å². The van der Waals surface area contributed by atoms with Crippen LogP contribution in [0.4, 0.5) is 21.5 Å². The van der Waals surface area contributed by atoms with Gasteiger partial charge in [0, 0.05) is 22.7 Å². The Bertz CT molecular complexity index is 796. The highest BCUT2D eigenvalue weighted by Gasteiger charge is 2.30. The number of benzene rings is 2. The van der Waals surface area contributed by atoms with Gasteiger partial charge in [-0.15, -0.1) is 0 Å². The summed E-state index contributed by atoms with van der Waals surface area (Å²) >= 11 is 0. The number of amides is 1. The number of hydrogen-bond donors (Lipinski definition) is 3. The highest BCUT2D eigenvalue weighted by atomic mass is 31.0. The summed E-state index contributed by atoms with van der Waals surface area (Å²) in [5, 5.41) is 26.8. The summed E-state index contributed by atoms with van der Waals surface area (Å²) in [5.41, 5.74) is -0.968. The standard InChI is InChI=1S/C16H17FN3O4P/c1-16(22,9-18-11-4-2-10(17)3-5-11)15(21)19-12-6-7-13(20(23)24)14(25)8-12/h2-8,18,22H,9,25H2,1H3,(H,19,21). The van der Waals surface area contributed by atoms with Crippen molar-refractivity contribution < 1.29 is 19.2 Å². The highest BCUT2D eigenvalue weighted by molar-refractivity contribution is 7.28. The molecule has 0 aliphatic rings. The van der Waals surface area contributed by atoms with Gasteiger partial charge in [0.05, 0.1) is 11.5 Å². The fourth-order valence-corrected chi connectivity index (χ4v) is 2.37. The molecule has 2 rings (SSSR count). The molecule has 0 spiro atoms. The van der Waals surface area contributed by atoms with E-state index in [1.165, 1.54) is 49.4 Å². The summed E-state index contributed by atoms with van der Waals surface area (Å²) in [6.45, 7) is 1.22. The summed E-state index contributed by atoms with van der Waals surface area (Å²) in [4.78, 5) is 22.5. The summed E-state index contributed by atoms with van der Waals surface area (Å²) in [6, 6.07) is 9.56. The van der Waals surface area contributed by atoms with Crippen LogP contribution >= 0.6 is 9.24 Å². The van der Waals surface area contributed by atoms with E-state index in [4.69, 9.17) is 0 Å². The van der Waals surface area contributed by atoms with Crippen LogP contribution in [0.5, 0.6) is 0 Å². The van der Waals surface area contributed by atoms with E-state index in [-0.39, 0.29) is 18.0 Å². The normalized spacial score (nSPS) is 13.0. The number of anilines is 2. The molecular formula is C16H17FN3O4P. The van der Waals surface area contributed by atoms with Gasteiger partial charge >= 0.3 is 0 Å². The minimum atomic E-state index is -1.75. The molecule has 0 saturated carbocycles. The number of nitrogens with zero attached hydrogens (tertiary/aromatic N) is 1. The zero-order valence-electron chi connectivity index (χ0n) is 13.3. The third kappa shape index (κ3) is 4.95. The first-order valence-corrected chi connectivity index (χ1v) is 7.84. The minimum absolute atomic E-state index is 0.0901. The van der Waals surface area contributed by atoms with E-state index >= 15 is 0 Å². The molecule has 0 heterocycles. The number of nitro benzene ring substituents is 1. The summed E-state index contributed by atoms with van der Waals surface area (Å²) in [7, 11) is 2.22. The molecule has 25 heavy (non-hydrogen) atoms. The Hall–Kier alpha value is -2.57. The molecule has 0 aliphatic heterocycles. The summed E-state index contributed by atoms with van der Waals surface area (Å²) in [5.74, 6) is -1.07. The first-order valence-electron chi connectivity index (χ1n) is 7.26. The topological polar surface area (TPSA) is 104 Å². The Morgan fingerprint density at radius 1 is 1.28 bits per heavy atom. The molecule has 0 bridgehead atoms. The third-order valence-electron chi connectivity index (χ3n) is 3.45. The number of halogens is 1. The van der Waals surface area contributed by atoms with Crippen LogP contribution in [0.15, 0.2) is 42.5 Å². The average Bonchev–Trinajstić information content (AvgIpc) is 2.54.